The van der Waals surface area contributed by atoms with Crippen molar-refractivity contribution < 1.29 is 13.2 Å². The van der Waals surface area contributed by atoms with Crippen molar-refractivity contribution in [2.45, 2.75) is 29.2 Å². The molecule has 0 aromatic heterocycles. The molecule has 4 nitrogen and oxygen atoms in total. The van der Waals surface area contributed by atoms with E-state index in [1.807, 2.05) is 105 Å². The van der Waals surface area contributed by atoms with Gasteiger partial charge in [-0.05, 0) is 43.0 Å². The molecule has 0 saturated carbocycles. The van der Waals surface area contributed by atoms with Crippen LogP contribution in [0.3, 0.4) is 0 Å². The van der Waals surface area contributed by atoms with Crippen molar-refractivity contribution in [1.29, 1.82) is 0 Å². The second kappa shape index (κ2) is 10.00. The number of hydrogen-bond acceptors (Lipinski definition) is 3. The van der Waals surface area contributed by atoms with Crippen LogP contribution < -0.4 is 9.46 Å². The predicted octanol–water partition coefficient (Wildman–Crippen LogP) is 5.49. The number of ether oxygens (including phenoxy) is 1. The van der Waals surface area contributed by atoms with Crippen LogP contribution in [0.1, 0.15) is 18.1 Å². The van der Waals surface area contributed by atoms with Gasteiger partial charge in [0.2, 0.25) is 0 Å². The summed E-state index contributed by atoms with van der Waals surface area (Å²) in [5, 5.41) is 1.84. The van der Waals surface area contributed by atoms with E-state index in [2.05, 4.69) is 4.72 Å². The zero-order chi connectivity index (χ0) is 23.4. The molecule has 170 valence electrons. The predicted molar refractivity (Wildman–Crippen MR) is 136 cm³/mol. The first kappa shape index (κ1) is 23.4. The van der Waals surface area contributed by atoms with Crippen LogP contribution in [0.4, 0.5) is 0 Å². The van der Waals surface area contributed by atoms with Crippen LogP contribution in [0.2, 0.25) is 0 Å². The molecule has 4 aromatic rings. The van der Waals surface area contributed by atoms with Gasteiger partial charge in [0.25, 0.3) is 0 Å². The minimum Gasteiger partial charge on any atom is -0.495 e. The van der Waals surface area contributed by atoms with Crippen molar-refractivity contribution >= 4 is 32.6 Å². The third kappa shape index (κ3) is 5.08. The SMILES string of the molecule is COc1ccc2ccccc2c1S(=O)N[C@](C)(CS(=O)c1ccc(C)cc1)c1ccccc1. The molecule has 0 bridgehead atoms. The molecule has 0 aliphatic rings. The Bertz CT molecular complexity index is 1310. The first-order valence-corrected chi connectivity index (χ1v) is 13.1. The first-order chi connectivity index (χ1) is 15.9. The number of hydrogen-bond donors (Lipinski definition) is 1. The van der Waals surface area contributed by atoms with E-state index in [-0.39, 0.29) is 5.75 Å². The van der Waals surface area contributed by atoms with Crippen molar-refractivity contribution in [3.8, 4) is 5.75 Å². The Morgan fingerprint density at radius 1 is 0.848 bits per heavy atom. The summed E-state index contributed by atoms with van der Waals surface area (Å²) in [6.07, 6.45) is 0. The summed E-state index contributed by atoms with van der Waals surface area (Å²) in [5.41, 5.74) is 1.21. The summed E-state index contributed by atoms with van der Waals surface area (Å²) < 4.78 is 36.0. The molecule has 6 heteroatoms. The quantitative estimate of drug-likeness (QED) is 0.365. The molecule has 2 unspecified atom stereocenters. The molecule has 0 aliphatic carbocycles. The Hall–Kier alpha value is -2.80. The highest BCUT2D eigenvalue weighted by Gasteiger charge is 2.33. The molecule has 0 fully saturated rings. The molecular weight excluding hydrogens is 450 g/mol. The molecule has 0 radical (unpaired) electrons. The maximum Gasteiger partial charge on any atom is 0.137 e. The normalized spacial score (nSPS) is 15.0. The van der Waals surface area contributed by atoms with Crippen LogP contribution in [0, 0.1) is 6.92 Å². The van der Waals surface area contributed by atoms with E-state index < -0.39 is 27.3 Å². The Labute approximate surface area is 200 Å². The van der Waals surface area contributed by atoms with Crippen molar-refractivity contribution in [2.75, 3.05) is 12.9 Å². The number of fused-ring (bicyclic) bond motifs is 1. The van der Waals surface area contributed by atoms with Crippen LogP contribution >= 0.6 is 0 Å². The Morgan fingerprint density at radius 2 is 1.52 bits per heavy atom. The molecule has 0 aliphatic heterocycles. The smallest absolute Gasteiger partial charge is 0.137 e. The third-order valence-electron chi connectivity index (χ3n) is 5.68. The number of nitrogens with one attached hydrogen (secondary N) is 1. The van der Waals surface area contributed by atoms with E-state index >= 15 is 0 Å². The fraction of sp³-hybridized carbons (Fsp3) is 0.185. The summed E-state index contributed by atoms with van der Waals surface area (Å²) in [6.45, 7) is 3.95. The third-order valence-corrected chi connectivity index (χ3v) is 8.75. The van der Waals surface area contributed by atoms with Gasteiger partial charge in [0, 0.05) is 10.3 Å². The largest absolute Gasteiger partial charge is 0.495 e. The zero-order valence-electron chi connectivity index (χ0n) is 18.9. The fourth-order valence-electron chi connectivity index (χ4n) is 3.84. The topological polar surface area (TPSA) is 55.4 Å². The number of rotatable bonds is 8. The number of methoxy groups -OCH3 is 1. The summed E-state index contributed by atoms with van der Waals surface area (Å²) in [4.78, 5) is 1.33. The second-order valence-corrected chi connectivity index (χ2v) is 10.8. The highest BCUT2D eigenvalue weighted by atomic mass is 32.2. The van der Waals surface area contributed by atoms with Gasteiger partial charge in [0.1, 0.15) is 21.6 Å². The van der Waals surface area contributed by atoms with Gasteiger partial charge in [-0.1, -0.05) is 78.4 Å². The zero-order valence-corrected chi connectivity index (χ0v) is 20.5. The summed E-state index contributed by atoms with van der Waals surface area (Å²) >= 11 is 0. The molecule has 33 heavy (non-hydrogen) atoms. The van der Waals surface area contributed by atoms with Crippen LogP contribution in [0.15, 0.2) is 101 Å². The van der Waals surface area contributed by atoms with Gasteiger partial charge in [-0.25, -0.2) is 8.93 Å². The molecule has 4 rings (SSSR count). The molecule has 0 amide bonds. The number of aryl methyl sites for hydroxylation is 1. The van der Waals surface area contributed by atoms with Crippen molar-refractivity contribution in [2.24, 2.45) is 0 Å². The maximum absolute atomic E-state index is 13.8. The summed E-state index contributed by atoms with van der Waals surface area (Å²) in [6, 6.07) is 29.0. The minimum absolute atomic E-state index is 0.263. The highest BCUT2D eigenvalue weighted by Crippen LogP contribution is 2.33. The Balaban J connectivity index is 1.74. The molecule has 3 atom stereocenters. The van der Waals surface area contributed by atoms with E-state index in [1.165, 1.54) is 0 Å². The molecule has 4 aromatic carbocycles. The average Bonchev–Trinajstić information content (AvgIpc) is 2.84. The lowest BCUT2D eigenvalue weighted by Gasteiger charge is -2.31. The van der Waals surface area contributed by atoms with E-state index in [9.17, 15) is 8.42 Å². The first-order valence-electron chi connectivity index (χ1n) is 10.7. The van der Waals surface area contributed by atoms with Crippen LogP contribution in [-0.2, 0) is 27.3 Å². The van der Waals surface area contributed by atoms with Crippen molar-refractivity contribution in [1.82, 2.24) is 4.72 Å². The van der Waals surface area contributed by atoms with Crippen LogP contribution in [0.25, 0.3) is 10.8 Å². The Kier molecular flexibility index (Phi) is 7.08. The standard InChI is InChI=1S/C27H27NO3S2/c1-20-13-16-23(17-14-20)32(29)19-27(2,22-10-5-4-6-11-22)28-33(30)26-24-12-8-7-9-21(24)15-18-25(26)31-3/h4-18,28H,19H2,1-3H3/t27-,32?,33?/m1/s1. The van der Waals surface area contributed by atoms with E-state index in [0.717, 1.165) is 26.8 Å². The van der Waals surface area contributed by atoms with Crippen molar-refractivity contribution in [3.63, 3.8) is 0 Å². The van der Waals surface area contributed by atoms with Gasteiger partial charge in [0.15, 0.2) is 0 Å². The lowest BCUT2D eigenvalue weighted by Crippen LogP contribution is -2.45. The summed E-state index contributed by atoms with van der Waals surface area (Å²) in [7, 11) is -1.35. The molecule has 1 N–H and O–H groups in total. The maximum atomic E-state index is 13.8. The molecular formula is C27H27NO3S2. The van der Waals surface area contributed by atoms with Crippen molar-refractivity contribution in [3.05, 3.63) is 102 Å². The average molecular weight is 478 g/mol. The second-order valence-electron chi connectivity index (χ2n) is 8.19. The number of benzene rings is 4. The Morgan fingerprint density at radius 3 is 2.21 bits per heavy atom. The molecule has 0 heterocycles. The summed E-state index contributed by atoms with van der Waals surface area (Å²) in [5.74, 6) is 0.813. The lowest BCUT2D eigenvalue weighted by atomic mass is 9.96. The van der Waals surface area contributed by atoms with E-state index in [4.69, 9.17) is 4.74 Å². The highest BCUT2D eigenvalue weighted by molar-refractivity contribution is 7.85. The molecule has 0 spiro atoms. The van der Waals surface area contributed by atoms with Gasteiger partial charge >= 0.3 is 0 Å². The van der Waals surface area contributed by atoms with Crippen LogP contribution in [-0.4, -0.2) is 21.3 Å². The van der Waals surface area contributed by atoms with Gasteiger partial charge in [0.05, 0.1) is 29.2 Å². The monoisotopic (exact) mass is 477 g/mol. The molecule has 0 saturated heterocycles. The van der Waals surface area contributed by atoms with Gasteiger partial charge in [-0.3, -0.25) is 4.21 Å². The van der Waals surface area contributed by atoms with Gasteiger partial charge < -0.3 is 4.74 Å². The van der Waals surface area contributed by atoms with E-state index in [0.29, 0.717) is 10.6 Å². The minimum atomic E-state index is -1.63. The van der Waals surface area contributed by atoms with Gasteiger partial charge in [-0.15, -0.1) is 0 Å². The van der Waals surface area contributed by atoms with E-state index in [1.54, 1.807) is 7.11 Å². The van der Waals surface area contributed by atoms with Gasteiger partial charge in [-0.2, -0.15) is 0 Å². The van der Waals surface area contributed by atoms with Crippen LogP contribution in [0.5, 0.6) is 5.75 Å². The fourth-order valence-corrected chi connectivity index (χ4v) is 6.73. The lowest BCUT2D eigenvalue weighted by molar-refractivity contribution is 0.404.